The number of benzene rings is 8. The molecule has 0 aliphatic rings. The Labute approximate surface area is 335 Å². The minimum absolute atomic E-state index is 0.652. The molecule has 4 aromatic heterocycles. The number of hydrogen-bond donors (Lipinski definition) is 0. The van der Waals surface area contributed by atoms with Crippen LogP contribution in [0.15, 0.2) is 180 Å². The molecule has 0 amide bonds. The third kappa shape index (κ3) is 5.15. The van der Waals surface area contributed by atoms with Gasteiger partial charge in [0, 0.05) is 78.9 Å². The van der Waals surface area contributed by atoms with Crippen LogP contribution in [0, 0.1) is 0 Å². The second-order valence-electron chi connectivity index (χ2n) is 14.3. The lowest BCUT2D eigenvalue weighted by molar-refractivity contribution is 0.670. The van der Waals surface area contributed by atoms with Crippen LogP contribution in [0.5, 0.6) is 0 Å². The molecule has 0 atom stereocenters. The average Bonchev–Trinajstić information content (AvgIpc) is 3.98. The number of rotatable bonds is 5. The van der Waals surface area contributed by atoms with Crippen molar-refractivity contribution < 1.29 is 4.42 Å². The summed E-state index contributed by atoms with van der Waals surface area (Å²) in [5.41, 5.74) is 9.24. The fourth-order valence-electron chi connectivity index (χ4n) is 8.31. The van der Waals surface area contributed by atoms with Crippen LogP contribution in [0.4, 0.5) is 0 Å². The van der Waals surface area contributed by atoms with Gasteiger partial charge in [-0.15, -0.1) is 22.7 Å². The van der Waals surface area contributed by atoms with Crippen LogP contribution >= 0.6 is 22.7 Å². The van der Waals surface area contributed by atoms with Crippen molar-refractivity contribution in [1.82, 2.24) is 15.0 Å². The van der Waals surface area contributed by atoms with E-state index in [1.54, 1.807) is 11.3 Å². The largest absolute Gasteiger partial charge is 0.455 e. The first-order chi connectivity index (χ1) is 28.2. The van der Waals surface area contributed by atoms with Crippen LogP contribution in [0.1, 0.15) is 0 Å². The molecule has 0 saturated carbocycles. The number of nitrogens with zero attached hydrogens (tertiary/aromatic N) is 3. The van der Waals surface area contributed by atoms with Crippen molar-refractivity contribution in [2.24, 2.45) is 0 Å². The van der Waals surface area contributed by atoms with Crippen LogP contribution in [-0.4, -0.2) is 15.0 Å². The van der Waals surface area contributed by atoms with E-state index in [2.05, 4.69) is 115 Å². The zero-order valence-electron chi connectivity index (χ0n) is 30.3. The molecule has 0 unspecified atom stereocenters. The number of fused-ring (bicyclic) bond motifs is 9. The van der Waals surface area contributed by atoms with Crippen molar-refractivity contribution in [3.63, 3.8) is 0 Å². The van der Waals surface area contributed by atoms with Crippen LogP contribution in [-0.2, 0) is 0 Å². The molecule has 0 fully saturated rings. The van der Waals surface area contributed by atoms with E-state index in [-0.39, 0.29) is 0 Å². The minimum Gasteiger partial charge on any atom is -0.455 e. The van der Waals surface area contributed by atoms with E-state index in [0.29, 0.717) is 17.5 Å². The smallest absolute Gasteiger partial charge is 0.165 e. The van der Waals surface area contributed by atoms with E-state index in [1.165, 1.54) is 41.2 Å². The summed E-state index contributed by atoms with van der Waals surface area (Å²) >= 11 is 3.64. The quantitative estimate of drug-likeness (QED) is 0.175. The molecule has 57 heavy (non-hydrogen) atoms. The summed E-state index contributed by atoms with van der Waals surface area (Å²) in [5.74, 6) is 1.96. The summed E-state index contributed by atoms with van der Waals surface area (Å²) in [7, 11) is 0. The van der Waals surface area contributed by atoms with Gasteiger partial charge in [0.05, 0.1) is 0 Å². The maximum Gasteiger partial charge on any atom is 0.165 e. The molecule has 0 saturated heterocycles. The molecule has 0 radical (unpaired) electrons. The number of aromatic nitrogens is 3. The van der Waals surface area contributed by atoms with Gasteiger partial charge in [0.1, 0.15) is 11.2 Å². The predicted octanol–water partition coefficient (Wildman–Crippen LogP) is 14.8. The molecule has 0 N–H and O–H groups in total. The van der Waals surface area contributed by atoms with Crippen LogP contribution in [0.25, 0.3) is 119 Å². The lowest BCUT2D eigenvalue weighted by Crippen LogP contribution is -2.00. The van der Waals surface area contributed by atoms with Crippen molar-refractivity contribution in [2.75, 3.05) is 0 Å². The fraction of sp³-hybridized carbons (Fsp3) is 0. The molecular formula is C51H29N3OS2. The number of para-hydroxylation sites is 1. The SMILES string of the molecule is c1ccc(-c2nc(-c3ccccc3)nc(-c3cccc4c3sc3c(-c5ccc(-c6ccc7c(c6)sc6ccccc67)c6oc7ccccc7c56)cccc34)n2)cc1. The highest BCUT2D eigenvalue weighted by Crippen LogP contribution is 2.48. The Morgan fingerprint density at radius 3 is 1.68 bits per heavy atom. The molecular weight excluding hydrogens is 735 g/mol. The molecule has 0 spiro atoms. The fourth-order valence-corrected chi connectivity index (χ4v) is 10.8. The van der Waals surface area contributed by atoms with Crippen LogP contribution in [0.2, 0.25) is 0 Å². The summed E-state index contributed by atoms with van der Waals surface area (Å²) in [6.45, 7) is 0. The highest BCUT2D eigenvalue weighted by Gasteiger charge is 2.22. The van der Waals surface area contributed by atoms with Gasteiger partial charge in [-0.1, -0.05) is 146 Å². The molecule has 12 aromatic rings. The van der Waals surface area contributed by atoms with Crippen molar-refractivity contribution in [3.8, 4) is 56.4 Å². The Morgan fingerprint density at radius 1 is 0.351 bits per heavy atom. The van der Waals surface area contributed by atoms with E-state index in [4.69, 9.17) is 19.4 Å². The normalized spacial score (nSPS) is 11.9. The van der Waals surface area contributed by atoms with Gasteiger partial charge in [-0.3, -0.25) is 0 Å². The zero-order valence-corrected chi connectivity index (χ0v) is 31.9. The molecule has 4 nitrogen and oxygen atoms in total. The van der Waals surface area contributed by atoms with Gasteiger partial charge in [-0.05, 0) is 41.5 Å². The summed E-state index contributed by atoms with van der Waals surface area (Å²) in [6, 6.07) is 61.9. The van der Waals surface area contributed by atoms with Crippen LogP contribution < -0.4 is 0 Å². The van der Waals surface area contributed by atoms with Crippen molar-refractivity contribution >= 4 is 85.0 Å². The summed E-state index contributed by atoms with van der Waals surface area (Å²) in [6.07, 6.45) is 0. The third-order valence-electron chi connectivity index (χ3n) is 11.0. The number of hydrogen-bond acceptors (Lipinski definition) is 6. The zero-order chi connectivity index (χ0) is 37.5. The Kier molecular flexibility index (Phi) is 7.24. The predicted molar refractivity (Wildman–Crippen MR) is 240 cm³/mol. The summed E-state index contributed by atoms with van der Waals surface area (Å²) in [5, 5.41) is 7.21. The van der Waals surface area contributed by atoms with Gasteiger partial charge in [0.25, 0.3) is 0 Å². The molecule has 0 bridgehead atoms. The lowest BCUT2D eigenvalue weighted by atomic mass is 9.93. The summed E-state index contributed by atoms with van der Waals surface area (Å²) < 4.78 is 11.7. The van der Waals surface area contributed by atoms with Crippen molar-refractivity contribution in [2.45, 2.75) is 0 Å². The minimum atomic E-state index is 0.652. The van der Waals surface area contributed by atoms with Crippen molar-refractivity contribution in [1.29, 1.82) is 0 Å². The molecule has 8 aromatic carbocycles. The van der Waals surface area contributed by atoms with Gasteiger partial charge in [-0.25, -0.2) is 15.0 Å². The number of furan rings is 1. The highest BCUT2D eigenvalue weighted by molar-refractivity contribution is 7.27. The van der Waals surface area contributed by atoms with Crippen molar-refractivity contribution in [3.05, 3.63) is 176 Å². The second kappa shape index (κ2) is 12.8. The Hall–Kier alpha value is -6.99. The monoisotopic (exact) mass is 763 g/mol. The van der Waals surface area contributed by atoms with E-state index in [0.717, 1.165) is 60.0 Å². The molecule has 0 aliphatic carbocycles. The first-order valence-corrected chi connectivity index (χ1v) is 20.6. The molecule has 266 valence electrons. The topological polar surface area (TPSA) is 51.8 Å². The molecule has 12 rings (SSSR count). The van der Waals surface area contributed by atoms with Crippen LogP contribution in [0.3, 0.4) is 0 Å². The molecule has 6 heteroatoms. The average molecular weight is 764 g/mol. The second-order valence-corrected chi connectivity index (χ2v) is 16.4. The highest BCUT2D eigenvalue weighted by atomic mass is 32.1. The van der Waals surface area contributed by atoms with E-state index >= 15 is 0 Å². The lowest BCUT2D eigenvalue weighted by Gasteiger charge is -2.10. The van der Waals surface area contributed by atoms with Gasteiger partial charge < -0.3 is 4.42 Å². The van der Waals surface area contributed by atoms with E-state index in [9.17, 15) is 0 Å². The first kappa shape index (κ1) is 32.3. The Bertz CT molecular complexity index is 3470. The maximum atomic E-state index is 6.80. The summed E-state index contributed by atoms with van der Waals surface area (Å²) in [4.78, 5) is 15.2. The van der Waals surface area contributed by atoms with Gasteiger partial charge in [0.15, 0.2) is 17.5 Å². The molecule has 4 heterocycles. The third-order valence-corrected chi connectivity index (χ3v) is 13.4. The molecule has 0 aliphatic heterocycles. The van der Waals surface area contributed by atoms with Gasteiger partial charge in [0.2, 0.25) is 0 Å². The maximum absolute atomic E-state index is 6.80. The van der Waals surface area contributed by atoms with Gasteiger partial charge >= 0.3 is 0 Å². The standard InChI is InChI=1S/C51H29N3OS2/c1-3-13-30(14-4-1)49-52-50(31-15-5-2-6-16-31)54-51(53-49)41-22-12-21-39-38-20-11-19-37(47(38)57-48(39)41)36-28-27-33(46-45(36)40-18-7-9-23-42(40)55-46)32-25-26-35-34-17-8-10-24-43(34)56-44(35)29-32/h1-29H. The first-order valence-electron chi connectivity index (χ1n) is 18.9. The van der Waals surface area contributed by atoms with E-state index in [1.807, 2.05) is 72.0 Å². The Balaban J connectivity index is 1.07. The van der Waals surface area contributed by atoms with Gasteiger partial charge in [-0.2, -0.15) is 0 Å². The van der Waals surface area contributed by atoms with E-state index < -0.39 is 0 Å². The Morgan fingerprint density at radius 2 is 0.930 bits per heavy atom. The number of thiophene rings is 2.